The highest BCUT2D eigenvalue weighted by molar-refractivity contribution is 6.30. The molecule has 1 atom stereocenters. The second-order valence-electron chi connectivity index (χ2n) is 9.63. The van der Waals surface area contributed by atoms with Gasteiger partial charge in [-0.2, -0.15) is 0 Å². The van der Waals surface area contributed by atoms with Gasteiger partial charge in [0.2, 0.25) is 0 Å². The third kappa shape index (κ3) is 6.20. The highest BCUT2D eigenvalue weighted by Gasteiger charge is 2.27. The van der Waals surface area contributed by atoms with Crippen molar-refractivity contribution in [2.45, 2.75) is 58.8 Å². The Bertz CT molecular complexity index is 1090. The molecule has 0 bridgehead atoms. The molecule has 0 N–H and O–H groups in total. The Labute approximate surface area is 200 Å². The predicted molar refractivity (Wildman–Crippen MR) is 131 cm³/mol. The minimum atomic E-state index is -0.473. The average molecular weight is 470 g/mol. The largest absolute Gasteiger partial charge is 0.486 e. The zero-order chi connectivity index (χ0) is 23.4. The molecule has 4 rings (SSSR count). The number of amides is 1. The number of rotatable bonds is 6. The summed E-state index contributed by atoms with van der Waals surface area (Å²) >= 11 is 5.98. The molecule has 7 heteroatoms. The van der Waals surface area contributed by atoms with Gasteiger partial charge in [0.25, 0.3) is 0 Å². The van der Waals surface area contributed by atoms with E-state index in [0.717, 1.165) is 61.5 Å². The van der Waals surface area contributed by atoms with Crippen LogP contribution < -0.4 is 4.74 Å². The molecule has 3 aromatic rings. The number of para-hydroxylation sites is 2. The van der Waals surface area contributed by atoms with Crippen molar-refractivity contribution < 1.29 is 14.3 Å². The lowest BCUT2D eigenvalue weighted by molar-refractivity contribution is 0.0159. The zero-order valence-electron chi connectivity index (χ0n) is 19.6. The number of benzene rings is 2. The van der Waals surface area contributed by atoms with Crippen molar-refractivity contribution in [3.05, 3.63) is 59.4 Å². The van der Waals surface area contributed by atoms with Crippen LogP contribution in [0.3, 0.4) is 0 Å². The number of hydrogen-bond donors (Lipinski definition) is 0. The van der Waals surface area contributed by atoms with Gasteiger partial charge in [0.05, 0.1) is 11.0 Å². The second-order valence-corrected chi connectivity index (χ2v) is 10.1. The molecule has 1 fully saturated rings. The molecule has 2 heterocycles. The van der Waals surface area contributed by atoms with Gasteiger partial charge in [0, 0.05) is 24.7 Å². The fraction of sp³-hybridized carbons (Fsp3) is 0.462. The van der Waals surface area contributed by atoms with Crippen LogP contribution in [-0.4, -0.2) is 39.2 Å². The van der Waals surface area contributed by atoms with Crippen LogP contribution in [0.2, 0.25) is 5.02 Å². The van der Waals surface area contributed by atoms with E-state index in [4.69, 9.17) is 26.1 Å². The lowest BCUT2D eigenvalue weighted by atomic mass is 9.95. The van der Waals surface area contributed by atoms with E-state index in [1.807, 2.05) is 68.1 Å². The summed E-state index contributed by atoms with van der Waals surface area (Å²) in [6.45, 7) is 8.42. The number of aromatic nitrogens is 2. The molecule has 1 aliphatic heterocycles. The van der Waals surface area contributed by atoms with Crippen molar-refractivity contribution in [2.75, 3.05) is 13.1 Å². The number of nitrogens with zero attached hydrogens (tertiary/aromatic N) is 3. The minimum absolute atomic E-state index is 0.211. The van der Waals surface area contributed by atoms with Gasteiger partial charge in [0.15, 0.2) is 0 Å². The molecule has 1 aromatic heterocycles. The molecule has 0 spiro atoms. The van der Waals surface area contributed by atoms with Gasteiger partial charge in [-0.15, -0.1) is 0 Å². The number of halogens is 1. The lowest BCUT2D eigenvalue weighted by Gasteiger charge is -2.34. The van der Waals surface area contributed by atoms with Crippen molar-refractivity contribution in [3.63, 3.8) is 0 Å². The maximum Gasteiger partial charge on any atom is 0.410 e. The molecular formula is C26H32ClN3O3. The fourth-order valence-corrected chi connectivity index (χ4v) is 4.39. The standard InChI is InChI=1S/C26H32ClN3O3/c1-26(2,3)33-25(31)29-15-6-7-19(17-29)14-16-30-23-9-5-4-8-22(23)28-24(30)18-32-21-12-10-20(27)11-13-21/h4-5,8-13,19H,6-7,14-18H2,1-3H3. The van der Waals surface area contributed by atoms with E-state index in [1.54, 1.807) is 0 Å². The van der Waals surface area contributed by atoms with E-state index in [2.05, 4.69) is 10.6 Å². The topological polar surface area (TPSA) is 56.6 Å². The highest BCUT2D eigenvalue weighted by atomic mass is 35.5. The second kappa shape index (κ2) is 10.0. The summed E-state index contributed by atoms with van der Waals surface area (Å²) in [6, 6.07) is 15.5. The van der Waals surface area contributed by atoms with Crippen LogP contribution in [-0.2, 0) is 17.9 Å². The quantitative estimate of drug-likeness (QED) is 0.424. The van der Waals surface area contributed by atoms with E-state index in [9.17, 15) is 4.79 Å². The number of ether oxygens (including phenoxy) is 2. The number of carbonyl (C=O) groups is 1. The summed E-state index contributed by atoms with van der Waals surface area (Å²) in [5, 5.41) is 0.683. The Kier molecular flexibility index (Phi) is 7.13. The Morgan fingerprint density at radius 3 is 2.67 bits per heavy atom. The van der Waals surface area contributed by atoms with Gasteiger partial charge in [-0.1, -0.05) is 23.7 Å². The van der Waals surface area contributed by atoms with Crippen LogP contribution >= 0.6 is 11.6 Å². The molecule has 1 saturated heterocycles. The third-order valence-corrected chi connectivity index (χ3v) is 6.10. The van der Waals surface area contributed by atoms with E-state index in [-0.39, 0.29) is 6.09 Å². The Morgan fingerprint density at radius 1 is 1.15 bits per heavy atom. The SMILES string of the molecule is CC(C)(C)OC(=O)N1CCCC(CCn2c(COc3ccc(Cl)cc3)nc3ccccc32)C1. The van der Waals surface area contributed by atoms with Gasteiger partial charge < -0.3 is 18.9 Å². The normalized spacial score (nSPS) is 16.7. The first-order chi connectivity index (χ1) is 15.8. The van der Waals surface area contributed by atoms with E-state index >= 15 is 0 Å². The van der Waals surface area contributed by atoms with Crippen molar-refractivity contribution in [2.24, 2.45) is 5.92 Å². The van der Waals surface area contributed by atoms with Crippen molar-refractivity contribution in [1.29, 1.82) is 0 Å². The van der Waals surface area contributed by atoms with Crippen LogP contribution in [0, 0.1) is 5.92 Å². The van der Waals surface area contributed by atoms with Gasteiger partial charge in [-0.25, -0.2) is 9.78 Å². The first kappa shape index (κ1) is 23.4. The van der Waals surface area contributed by atoms with Crippen LogP contribution in [0.25, 0.3) is 11.0 Å². The number of imidazole rings is 1. The van der Waals surface area contributed by atoms with Crippen LogP contribution in [0.5, 0.6) is 5.75 Å². The maximum absolute atomic E-state index is 12.5. The van der Waals surface area contributed by atoms with E-state index in [1.165, 1.54) is 0 Å². The van der Waals surface area contributed by atoms with Crippen LogP contribution in [0.4, 0.5) is 4.79 Å². The molecule has 0 saturated carbocycles. The van der Waals surface area contributed by atoms with Crippen molar-refractivity contribution in [1.82, 2.24) is 14.5 Å². The number of hydrogen-bond acceptors (Lipinski definition) is 4. The lowest BCUT2D eigenvalue weighted by Crippen LogP contribution is -2.43. The molecule has 176 valence electrons. The molecule has 1 aliphatic rings. The zero-order valence-corrected chi connectivity index (χ0v) is 20.3. The smallest absolute Gasteiger partial charge is 0.410 e. The third-order valence-electron chi connectivity index (χ3n) is 5.85. The summed E-state index contributed by atoms with van der Waals surface area (Å²) in [5.74, 6) is 2.08. The molecular weight excluding hydrogens is 438 g/mol. The average Bonchev–Trinajstić information content (AvgIpc) is 3.14. The first-order valence-electron chi connectivity index (χ1n) is 11.6. The number of piperidine rings is 1. The Balaban J connectivity index is 1.43. The molecule has 33 heavy (non-hydrogen) atoms. The molecule has 6 nitrogen and oxygen atoms in total. The summed E-state index contributed by atoms with van der Waals surface area (Å²) in [6.07, 6.45) is 2.87. The summed E-state index contributed by atoms with van der Waals surface area (Å²) < 4.78 is 13.8. The number of aryl methyl sites for hydroxylation is 1. The Hall–Kier alpha value is -2.73. The van der Waals surface area contributed by atoms with Gasteiger partial charge in [-0.05, 0) is 82.3 Å². The molecule has 2 aromatic carbocycles. The fourth-order valence-electron chi connectivity index (χ4n) is 4.27. The molecule has 1 amide bonds. The summed E-state index contributed by atoms with van der Waals surface area (Å²) in [7, 11) is 0. The van der Waals surface area contributed by atoms with Crippen molar-refractivity contribution in [3.8, 4) is 5.75 Å². The minimum Gasteiger partial charge on any atom is -0.486 e. The number of carbonyl (C=O) groups excluding carboxylic acids is 1. The monoisotopic (exact) mass is 469 g/mol. The Morgan fingerprint density at radius 2 is 1.91 bits per heavy atom. The van der Waals surface area contributed by atoms with Crippen LogP contribution in [0.1, 0.15) is 45.9 Å². The predicted octanol–water partition coefficient (Wildman–Crippen LogP) is 6.31. The maximum atomic E-state index is 12.5. The highest BCUT2D eigenvalue weighted by Crippen LogP contribution is 2.25. The molecule has 0 radical (unpaired) electrons. The van der Waals surface area contributed by atoms with Gasteiger partial charge in [-0.3, -0.25) is 0 Å². The van der Waals surface area contributed by atoms with E-state index in [0.29, 0.717) is 17.5 Å². The van der Waals surface area contributed by atoms with Crippen molar-refractivity contribution >= 4 is 28.7 Å². The first-order valence-corrected chi connectivity index (χ1v) is 12.0. The summed E-state index contributed by atoms with van der Waals surface area (Å²) in [5.41, 5.74) is 1.59. The van der Waals surface area contributed by atoms with Crippen LogP contribution in [0.15, 0.2) is 48.5 Å². The summed E-state index contributed by atoms with van der Waals surface area (Å²) in [4.78, 5) is 19.2. The molecule has 0 aliphatic carbocycles. The molecule has 1 unspecified atom stereocenters. The van der Waals surface area contributed by atoms with Gasteiger partial charge in [0.1, 0.15) is 23.8 Å². The van der Waals surface area contributed by atoms with Gasteiger partial charge >= 0.3 is 6.09 Å². The number of likely N-dealkylation sites (tertiary alicyclic amines) is 1. The number of fused-ring (bicyclic) bond motifs is 1. The van der Waals surface area contributed by atoms with E-state index < -0.39 is 5.60 Å².